The van der Waals surface area contributed by atoms with Crippen LogP contribution in [-0.4, -0.2) is 55.8 Å². The summed E-state index contributed by atoms with van der Waals surface area (Å²) in [5.41, 5.74) is 0.177. The van der Waals surface area contributed by atoms with E-state index in [9.17, 15) is 27.1 Å². The van der Waals surface area contributed by atoms with Crippen molar-refractivity contribution in [2.45, 2.75) is 50.3 Å². The number of hydrogen-bond acceptors (Lipinski definition) is 7. The second-order valence-electron chi connectivity index (χ2n) is 14.0. The molecule has 3 N–H and O–H groups in total. The van der Waals surface area contributed by atoms with Gasteiger partial charge < -0.3 is 10.4 Å². The molecule has 0 radical (unpaired) electrons. The number of aliphatic hydroxyl groups is 1. The molecule has 18 heteroatoms. The fourth-order valence-electron chi connectivity index (χ4n) is 6.98. The molecule has 0 spiro atoms. The molecule has 286 valence electrons. The van der Waals surface area contributed by atoms with Crippen LogP contribution in [0, 0.1) is 33.1 Å². The molecule has 0 unspecified atom stereocenters. The average molecular weight is 908 g/mol. The molecule has 3 atom stereocenters. The van der Waals surface area contributed by atoms with E-state index in [2.05, 4.69) is 32.1 Å². The summed E-state index contributed by atoms with van der Waals surface area (Å²) < 4.78 is 89.8. The average Bonchev–Trinajstić information content (AvgIpc) is 3.58. The number of rotatable bonds is 9. The first-order valence-electron chi connectivity index (χ1n) is 16.7. The zero-order valence-electron chi connectivity index (χ0n) is 29.4. The molecule has 3 aromatic heterocycles. The Labute approximate surface area is 331 Å². The number of aromatic nitrogens is 5. The summed E-state index contributed by atoms with van der Waals surface area (Å²) in [5, 5.41) is 22.2. The van der Waals surface area contributed by atoms with Gasteiger partial charge in [0.05, 0.1) is 39.8 Å². The van der Waals surface area contributed by atoms with E-state index >= 15 is 8.78 Å². The topological polar surface area (TPSA) is 144 Å². The number of allylic oxidation sites excluding steroid dienone is 2. The number of alkyl halides is 2. The lowest BCUT2D eigenvalue weighted by atomic mass is 9.82. The summed E-state index contributed by atoms with van der Waals surface area (Å²) >= 11 is 8.48. The summed E-state index contributed by atoms with van der Waals surface area (Å²) in [6.07, 6.45) is 3.86. The van der Waals surface area contributed by atoms with Crippen molar-refractivity contribution in [2.24, 2.45) is 13.0 Å². The lowest BCUT2D eigenvalue weighted by molar-refractivity contribution is -0.123. The van der Waals surface area contributed by atoms with Crippen LogP contribution in [0.4, 0.5) is 23.4 Å². The summed E-state index contributed by atoms with van der Waals surface area (Å²) in [4.78, 5) is 18.8. The molecule has 2 aliphatic carbocycles. The molecule has 0 saturated heterocycles. The summed E-state index contributed by atoms with van der Waals surface area (Å²) in [6.45, 7) is 2.34. The molecular weight excluding hydrogens is 877 g/mol. The van der Waals surface area contributed by atoms with Gasteiger partial charge in [0.2, 0.25) is 15.9 Å². The molecule has 2 aromatic carbocycles. The second kappa shape index (κ2) is 13.9. The molecule has 0 saturated carbocycles. The Hall–Kier alpha value is -4.51. The number of benzene rings is 2. The molecule has 3 heterocycles. The molecule has 7 rings (SSSR count). The Morgan fingerprint density at radius 1 is 1.11 bits per heavy atom. The van der Waals surface area contributed by atoms with Crippen LogP contribution < -0.4 is 10.0 Å². The van der Waals surface area contributed by atoms with E-state index in [1.165, 1.54) is 30.7 Å². The molecule has 55 heavy (non-hydrogen) atoms. The number of nitrogens with one attached hydrogen (secondary N) is 2. The van der Waals surface area contributed by atoms with Crippen LogP contribution >= 0.6 is 34.2 Å². The Balaban J connectivity index is 1.38. The van der Waals surface area contributed by atoms with Crippen LogP contribution in [0.3, 0.4) is 0 Å². The van der Waals surface area contributed by atoms with Gasteiger partial charge in [-0.2, -0.15) is 19.0 Å². The van der Waals surface area contributed by atoms with Crippen LogP contribution in [0.5, 0.6) is 0 Å². The molecule has 0 fully saturated rings. The van der Waals surface area contributed by atoms with Crippen molar-refractivity contribution in [3.05, 3.63) is 103 Å². The summed E-state index contributed by atoms with van der Waals surface area (Å²) in [6, 6.07) is 8.06. The number of carbonyl (C=O) groups excluding carboxylic acids is 1. The largest absolute Gasteiger partial charge is 0.378 e. The number of carbonyl (C=O) groups is 1. The minimum Gasteiger partial charge on any atom is -0.378 e. The Bertz CT molecular complexity index is 2610. The first-order chi connectivity index (χ1) is 25.7. The van der Waals surface area contributed by atoms with E-state index in [1.807, 2.05) is 22.6 Å². The number of pyridine rings is 1. The van der Waals surface area contributed by atoms with Gasteiger partial charge in [0.15, 0.2) is 5.82 Å². The monoisotopic (exact) mass is 907 g/mol. The smallest absolute Gasteiger partial charge is 0.296 e. The van der Waals surface area contributed by atoms with Crippen LogP contribution in [0.15, 0.2) is 54.6 Å². The fraction of sp³-hybridized carbons (Fsp3) is 0.297. The van der Waals surface area contributed by atoms with Crippen molar-refractivity contribution < 1.29 is 35.9 Å². The van der Waals surface area contributed by atoms with Crippen LogP contribution in [0.1, 0.15) is 54.0 Å². The van der Waals surface area contributed by atoms with E-state index in [-0.39, 0.29) is 45.3 Å². The maximum absolute atomic E-state index is 15.6. The minimum atomic E-state index is -3.79. The van der Waals surface area contributed by atoms with Gasteiger partial charge in [-0.25, -0.2) is 22.2 Å². The Morgan fingerprint density at radius 3 is 2.44 bits per heavy atom. The maximum atomic E-state index is 15.6. The number of hydrogen-bond donors (Lipinski definition) is 3. The predicted molar refractivity (Wildman–Crippen MR) is 206 cm³/mol. The van der Waals surface area contributed by atoms with Crippen molar-refractivity contribution in [1.82, 2.24) is 29.9 Å². The van der Waals surface area contributed by atoms with Gasteiger partial charge in [0.1, 0.15) is 38.9 Å². The van der Waals surface area contributed by atoms with Gasteiger partial charge in [-0.05, 0) is 84.7 Å². The van der Waals surface area contributed by atoms with E-state index in [1.54, 1.807) is 31.3 Å². The Morgan fingerprint density at radius 2 is 1.80 bits per heavy atom. The molecule has 1 amide bonds. The normalized spacial score (nSPS) is 17.6. The molecule has 2 aliphatic rings. The lowest BCUT2D eigenvalue weighted by Crippen LogP contribution is -2.35. The molecular formula is C37H31ClF4IN7O4S. The fourth-order valence-corrected chi connectivity index (χ4v) is 8.59. The number of aryl methyl sites for hydroxylation is 1. The van der Waals surface area contributed by atoms with Crippen molar-refractivity contribution in [3.8, 4) is 23.0 Å². The third-order valence-electron chi connectivity index (χ3n) is 9.18. The zero-order valence-corrected chi connectivity index (χ0v) is 33.2. The molecule has 0 bridgehead atoms. The van der Waals surface area contributed by atoms with Crippen molar-refractivity contribution in [1.29, 1.82) is 0 Å². The first-order valence-corrected chi connectivity index (χ1v) is 20.0. The number of halogens is 6. The maximum Gasteiger partial charge on any atom is 0.296 e. The minimum absolute atomic E-state index is 0.0454. The van der Waals surface area contributed by atoms with Crippen LogP contribution in [0.2, 0.25) is 5.02 Å². The van der Waals surface area contributed by atoms with E-state index in [4.69, 9.17) is 16.6 Å². The summed E-state index contributed by atoms with van der Waals surface area (Å²) in [7, 11) is -2.22. The van der Waals surface area contributed by atoms with E-state index < -0.39 is 63.5 Å². The first kappa shape index (κ1) is 38.8. The van der Waals surface area contributed by atoms with E-state index in [0.717, 1.165) is 23.1 Å². The highest BCUT2D eigenvalue weighted by Gasteiger charge is 2.59. The van der Waals surface area contributed by atoms with E-state index in [0.29, 0.717) is 32.0 Å². The van der Waals surface area contributed by atoms with Gasteiger partial charge in [0.25, 0.3) is 5.92 Å². The van der Waals surface area contributed by atoms with Crippen LogP contribution in [0.25, 0.3) is 22.0 Å². The van der Waals surface area contributed by atoms with Gasteiger partial charge >= 0.3 is 0 Å². The predicted octanol–water partition coefficient (Wildman–Crippen LogP) is 6.34. The molecule has 5 aromatic rings. The van der Waals surface area contributed by atoms with Gasteiger partial charge in [-0.15, -0.1) is 0 Å². The number of amides is 1. The number of nitrogens with zero attached hydrogens (tertiary/aromatic N) is 5. The van der Waals surface area contributed by atoms with Crippen molar-refractivity contribution in [3.63, 3.8) is 0 Å². The van der Waals surface area contributed by atoms with Crippen molar-refractivity contribution in [2.75, 3.05) is 11.0 Å². The third kappa shape index (κ3) is 7.56. The third-order valence-corrected chi connectivity index (χ3v) is 10.9. The SMILES string of the molecule is Cn1nc(NS(C)(=O)=O)c2c(Cl)ccc(-c3ccc(C#CC(C)(C)O)nc3[C@H](Cc3cc(F)cc(F)c3)NC(=O)Cn3nc(I)c4c3C(F)(F)[C@@H]3C=C[C@H]43)c21. The second-order valence-corrected chi connectivity index (χ2v) is 17.2. The highest BCUT2D eigenvalue weighted by molar-refractivity contribution is 14.1. The Kier molecular flexibility index (Phi) is 9.80. The van der Waals surface area contributed by atoms with Crippen molar-refractivity contribution >= 4 is 66.8 Å². The van der Waals surface area contributed by atoms with Gasteiger partial charge in [0, 0.05) is 35.7 Å². The lowest BCUT2D eigenvalue weighted by Gasteiger charge is -2.27. The zero-order chi connectivity index (χ0) is 39.8. The molecule has 11 nitrogen and oxygen atoms in total. The summed E-state index contributed by atoms with van der Waals surface area (Å²) in [5.74, 6) is -1.85. The highest BCUT2D eigenvalue weighted by atomic mass is 127. The van der Waals surface area contributed by atoms with Gasteiger partial charge in [-0.1, -0.05) is 35.7 Å². The highest BCUT2D eigenvalue weighted by Crippen LogP contribution is 2.59. The number of sulfonamides is 1. The molecule has 0 aliphatic heterocycles. The van der Waals surface area contributed by atoms with Crippen LogP contribution in [-0.2, 0) is 40.8 Å². The quantitative estimate of drug-likeness (QED) is 0.0679. The number of fused-ring (bicyclic) bond motifs is 4. The number of anilines is 1. The van der Waals surface area contributed by atoms with Gasteiger partial charge in [-0.3, -0.25) is 18.9 Å². The standard InChI is InChI=1S/C37H31ClF4IN7O4S/c1-36(2,52)12-11-21-5-6-22(23-8-10-26(38)30-32(23)49(3)47-35(30)48-55(4,53)54)31(44-21)27(15-18-13-19(39)16-20(40)14-18)45-28(51)17-50-33-29(34(43)46-50)24-7-9-25(24)37(33,41)42/h5-10,13-14,16,24-25,27,52H,15,17H2,1-4H3,(H,45,51)(H,47,48)/t24-,25+,27-/m0/s1.